The molecule has 6 heteroatoms. The third-order valence-electron chi connectivity index (χ3n) is 2.59. The summed E-state index contributed by atoms with van der Waals surface area (Å²) in [4.78, 5) is 8.39. The topological polar surface area (TPSA) is 37.8 Å². The van der Waals surface area contributed by atoms with Crippen molar-refractivity contribution in [1.29, 1.82) is 0 Å². The number of anilines is 1. The predicted octanol–water partition coefficient (Wildman–Crippen LogP) is 4.16. The average molecular weight is 298 g/mol. The summed E-state index contributed by atoms with van der Waals surface area (Å²) in [5, 5.41) is 4.23. The van der Waals surface area contributed by atoms with E-state index in [9.17, 15) is 4.39 Å². The van der Waals surface area contributed by atoms with Gasteiger partial charge in [-0.15, -0.1) is 0 Å². The molecular weight excluding hydrogens is 285 g/mol. The number of rotatable bonds is 4. The van der Waals surface area contributed by atoms with Gasteiger partial charge in [0, 0.05) is 12.1 Å². The monoisotopic (exact) mass is 297 g/mol. The molecule has 1 unspecified atom stereocenters. The highest BCUT2D eigenvalue weighted by molar-refractivity contribution is 7.98. The van der Waals surface area contributed by atoms with Gasteiger partial charge in [-0.05, 0) is 30.9 Å². The molecule has 3 nitrogen and oxygen atoms in total. The molecule has 0 saturated carbocycles. The predicted molar refractivity (Wildman–Crippen MR) is 77.3 cm³/mol. The number of thioether (sulfide) groups is 1. The largest absolute Gasteiger partial charge is 0.363 e. The first-order chi connectivity index (χ1) is 9.08. The maximum Gasteiger partial charge on any atom is 0.190 e. The molecule has 1 atom stereocenters. The van der Waals surface area contributed by atoms with Crippen LogP contribution < -0.4 is 5.32 Å². The number of aromatic nitrogens is 2. The maximum absolute atomic E-state index is 12.9. The van der Waals surface area contributed by atoms with Crippen LogP contribution in [0.2, 0.25) is 5.15 Å². The quantitative estimate of drug-likeness (QED) is 0.522. The molecule has 1 N–H and O–H groups in total. The number of nitrogens with zero attached hydrogens (tertiary/aromatic N) is 2. The van der Waals surface area contributed by atoms with Crippen molar-refractivity contribution in [3.8, 4) is 0 Å². The van der Waals surface area contributed by atoms with E-state index in [4.69, 9.17) is 11.6 Å². The Balaban J connectivity index is 2.16. The summed E-state index contributed by atoms with van der Waals surface area (Å²) in [5.74, 6) is 0.409. The van der Waals surface area contributed by atoms with Gasteiger partial charge in [-0.3, -0.25) is 0 Å². The van der Waals surface area contributed by atoms with Crippen LogP contribution in [0.4, 0.5) is 10.2 Å². The molecule has 2 rings (SSSR count). The average Bonchev–Trinajstić information content (AvgIpc) is 2.38. The number of benzene rings is 1. The first kappa shape index (κ1) is 14.1. The highest BCUT2D eigenvalue weighted by Gasteiger charge is 2.08. The Kier molecular flexibility index (Phi) is 4.61. The normalized spacial score (nSPS) is 12.2. The molecular formula is C13H13ClFN3S. The second-order valence-corrected chi connectivity index (χ2v) is 5.14. The van der Waals surface area contributed by atoms with Gasteiger partial charge in [-0.1, -0.05) is 35.5 Å². The summed E-state index contributed by atoms with van der Waals surface area (Å²) in [6.45, 7) is 1.97. The summed E-state index contributed by atoms with van der Waals surface area (Å²) in [5.41, 5.74) is 0.974. The van der Waals surface area contributed by atoms with Gasteiger partial charge in [0.1, 0.15) is 16.8 Å². The minimum absolute atomic E-state index is 0.00118. The molecule has 0 aliphatic rings. The zero-order chi connectivity index (χ0) is 13.8. The zero-order valence-corrected chi connectivity index (χ0v) is 12.1. The molecule has 2 aromatic rings. The fourth-order valence-electron chi connectivity index (χ4n) is 1.62. The molecule has 1 heterocycles. The van der Waals surface area contributed by atoms with E-state index in [0.29, 0.717) is 16.1 Å². The molecule has 0 amide bonds. The van der Waals surface area contributed by atoms with Crippen LogP contribution in [-0.4, -0.2) is 16.2 Å². The zero-order valence-electron chi connectivity index (χ0n) is 10.5. The minimum atomic E-state index is -0.245. The van der Waals surface area contributed by atoms with Gasteiger partial charge in [-0.2, -0.15) is 0 Å². The lowest BCUT2D eigenvalue weighted by atomic mass is 10.1. The Labute approximate surface area is 120 Å². The van der Waals surface area contributed by atoms with Crippen LogP contribution in [-0.2, 0) is 0 Å². The van der Waals surface area contributed by atoms with Crippen LogP contribution in [0.25, 0.3) is 0 Å². The van der Waals surface area contributed by atoms with E-state index < -0.39 is 0 Å². The van der Waals surface area contributed by atoms with E-state index >= 15 is 0 Å². The van der Waals surface area contributed by atoms with Gasteiger partial charge in [0.05, 0.1) is 0 Å². The fourth-order valence-corrected chi connectivity index (χ4v) is 2.23. The lowest BCUT2D eigenvalue weighted by Gasteiger charge is -2.15. The molecule has 0 spiro atoms. The fraction of sp³-hybridized carbons (Fsp3) is 0.231. The summed E-state index contributed by atoms with van der Waals surface area (Å²) in [6.07, 6.45) is 1.89. The third kappa shape index (κ3) is 3.81. The molecule has 1 aromatic carbocycles. The maximum atomic E-state index is 12.9. The Morgan fingerprint density at radius 3 is 2.58 bits per heavy atom. The van der Waals surface area contributed by atoms with E-state index in [0.717, 1.165) is 5.56 Å². The smallest absolute Gasteiger partial charge is 0.190 e. The lowest BCUT2D eigenvalue weighted by molar-refractivity contribution is 0.626. The van der Waals surface area contributed by atoms with E-state index in [1.165, 1.54) is 23.9 Å². The Bertz CT molecular complexity index is 562. The van der Waals surface area contributed by atoms with Crippen LogP contribution in [0.5, 0.6) is 0 Å². The SMILES string of the molecule is CSc1nc(Cl)cc(NC(C)c2ccc(F)cc2)n1. The first-order valence-electron chi connectivity index (χ1n) is 5.69. The van der Waals surface area contributed by atoms with Gasteiger partial charge < -0.3 is 5.32 Å². The molecule has 0 saturated heterocycles. The summed E-state index contributed by atoms with van der Waals surface area (Å²) >= 11 is 7.35. The van der Waals surface area contributed by atoms with Crippen molar-refractivity contribution in [2.45, 2.75) is 18.1 Å². The summed E-state index contributed by atoms with van der Waals surface area (Å²) in [6, 6.07) is 8.03. The highest BCUT2D eigenvalue weighted by atomic mass is 35.5. The van der Waals surface area contributed by atoms with Crippen molar-refractivity contribution in [3.63, 3.8) is 0 Å². The number of halogens is 2. The highest BCUT2D eigenvalue weighted by Crippen LogP contribution is 2.22. The standard InChI is InChI=1S/C13H13ClFN3S/c1-8(9-3-5-10(15)6-4-9)16-12-7-11(14)17-13(18-12)19-2/h3-8H,1-2H3,(H,16,17,18). The molecule has 19 heavy (non-hydrogen) atoms. The van der Waals surface area contributed by atoms with E-state index in [1.54, 1.807) is 18.2 Å². The first-order valence-corrected chi connectivity index (χ1v) is 7.29. The van der Waals surface area contributed by atoms with Crippen LogP contribution in [0.15, 0.2) is 35.5 Å². The lowest BCUT2D eigenvalue weighted by Crippen LogP contribution is -2.08. The van der Waals surface area contributed by atoms with Crippen LogP contribution >= 0.6 is 23.4 Å². The van der Waals surface area contributed by atoms with Crippen LogP contribution in [0.3, 0.4) is 0 Å². The number of hydrogen-bond donors (Lipinski definition) is 1. The number of nitrogens with one attached hydrogen (secondary N) is 1. The van der Waals surface area contributed by atoms with Crippen molar-refractivity contribution in [2.24, 2.45) is 0 Å². The van der Waals surface area contributed by atoms with Crippen molar-refractivity contribution >= 4 is 29.2 Å². The second-order valence-electron chi connectivity index (χ2n) is 3.98. The third-order valence-corrected chi connectivity index (χ3v) is 3.33. The van der Waals surface area contributed by atoms with Gasteiger partial charge in [0.15, 0.2) is 5.16 Å². The molecule has 0 fully saturated rings. The molecule has 100 valence electrons. The van der Waals surface area contributed by atoms with E-state index in [2.05, 4.69) is 15.3 Å². The van der Waals surface area contributed by atoms with Crippen molar-refractivity contribution in [3.05, 3.63) is 46.9 Å². The summed E-state index contributed by atoms with van der Waals surface area (Å²) in [7, 11) is 0. The Hall–Kier alpha value is -1.33. The minimum Gasteiger partial charge on any atom is -0.363 e. The molecule has 1 aromatic heterocycles. The molecule has 0 bridgehead atoms. The van der Waals surface area contributed by atoms with Crippen molar-refractivity contribution in [1.82, 2.24) is 9.97 Å². The van der Waals surface area contributed by atoms with Gasteiger partial charge in [-0.25, -0.2) is 14.4 Å². The van der Waals surface area contributed by atoms with E-state index in [-0.39, 0.29) is 11.9 Å². The molecule has 0 aliphatic carbocycles. The van der Waals surface area contributed by atoms with E-state index in [1.807, 2.05) is 13.2 Å². The van der Waals surface area contributed by atoms with Gasteiger partial charge in [0.2, 0.25) is 0 Å². The Morgan fingerprint density at radius 2 is 1.95 bits per heavy atom. The second kappa shape index (κ2) is 6.21. The Morgan fingerprint density at radius 1 is 1.26 bits per heavy atom. The van der Waals surface area contributed by atoms with Crippen LogP contribution in [0.1, 0.15) is 18.5 Å². The van der Waals surface area contributed by atoms with Crippen molar-refractivity contribution < 1.29 is 4.39 Å². The molecule has 0 aliphatic heterocycles. The van der Waals surface area contributed by atoms with Gasteiger partial charge in [0.25, 0.3) is 0 Å². The van der Waals surface area contributed by atoms with Crippen molar-refractivity contribution in [2.75, 3.05) is 11.6 Å². The van der Waals surface area contributed by atoms with Gasteiger partial charge >= 0.3 is 0 Å². The molecule has 0 radical (unpaired) electrons. The number of hydrogen-bond acceptors (Lipinski definition) is 4. The summed E-state index contributed by atoms with van der Waals surface area (Å²) < 4.78 is 12.9. The van der Waals surface area contributed by atoms with Crippen LogP contribution in [0, 0.1) is 5.82 Å².